The summed E-state index contributed by atoms with van der Waals surface area (Å²) in [5.41, 5.74) is 0.673. The van der Waals surface area contributed by atoms with Gasteiger partial charge in [-0.1, -0.05) is 0 Å². The first kappa shape index (κ1) is 12.3. The van der Waals surface area contributed by atoms with Gasteiger partial charge in [0.25, 0.3) is 0 Å². The predicted molar refractivity (Wildman–Crippen MR) is 63.6 cm³/mol. The fourth-order valence-electron chi connectivity index (χ4n) is 2.03. The molecule has 1 aromatic rings. The number of pyridine rings is 1. The van der Waals surface area contributed by atoms with E-state index in [1.165, 1.54) is 6.07 Å². The van der Waals surface area contributed by atoms with Crippen molar-refractivity contribution in [3.05, 3.63) is 27.9 Å². The molecule has 1 aliphatic heterocycles. The Balaban J connectivity index is 2.13. The van der Waals surface area contributed by atoms with Crippen LogP contribution in [0.5, 0.6) is 0 Å². The second-order valence-corrected chi connectivity index (χ2v) is 4.42. The standard InChI is InChI=1S/C11H13N3O4/c1-7-2-3-9(14(17)18)11(12-7)13-5-8(6-13)4-10(15)16/h2-3,8H,4-6H2,1H3,(H,15,16). The molecule has 2 rings (SSSR count). The number of nitrogens with zero attached hydrogens (tertiary/aromatic N) is 3. The minimum atomic E-state index is -0.841. The number of aryl methyl sites for hydroxylation is 1. The van der Waals surface area contributed by atoms with Crippen molar-refractivity contribution >= 4 is 17.5 Å². The van der Waals surface area contributed by atoms with Gasteiger partial charge in [-0.3, -0.25) is 14.9 Å². The molecule has 1 saturated heterocycles. The molecule has 0 amide bonds. The second-order valence-electron chi connectivity index (χ2n) is 4.42. The number of carboxylic acid groups (broad SMARTS) is 1. The summed E-state index contributed by atoms with van der Waals surface area (Å²) in [4.78, 5) is 26.9. The van der Waals surface area contributed by atoms with E-state index in [-0.39, 0.29) is 18.0 Å². The number of anilines is 1. The lowest BCUT2D eigenvalue weighted by Gasteiger charge is -2.39. The third-order valence-electron chi connectivity index (χ3n) is 2.91. The zero-order valence-electron chi connectivity index (χ0n) is 9.87. The van der Waals surface area contributed by atoms with Crippen LogP contribution in [0.4, 0.5) is 11.5 Å². The number of rotatable bonds is 4. The van der Waals surface area contributed by atoms with Gasteiger partial charge in [0.2, 0.25) is 5.82 Å². The van der Waals surface area contributed by atoms with Crippen LogP contribution in [0.1, 0.15) is 12.1 Å². The van der Waals surface area contributed by atoms with Gasteiger partial charge in [0.1, 0.15) is 0 Å². The number of hydrogen-bond acceptors (Lipinski definition) is 5. The van der Waals surface area contributed by atoms with Crippen molar-refractivity contribution in [2.45, 2.75) is 13.3 Å². The summed E-state index contributed by atoms with van der Waals surface area (Å²) in [7, 11) is 0. The molecular formula is C11H13N3O4. The fraction of sp³-hybridized carbons (Fsp3) is 0.455. The summed E-state index contributed by atoms with van der Waals surface area (Å²) in [6.45, 7) is 2.77. The highest BCUT2D eigenvalue weighted by atomic mass is 16.6. The van der Waals surface area contributed by atoms with Crippen LogP contribution in [0.25, 0.3) is 0 Å². The minimum Gasteiger partial charge on any atom is -0.481 e. The van der Waals surface area contributed by atoms with Crippen molar-refractivity contribution in [2.24, 2.45) is 5.92 Å². The van der Waals surface area contributed by atoms with Gasteiger partial charge >= 0.3 is 11.7 Å². The molecule has 0 aromatic carbocycles. The molecule has 0 saturated carbocycles. The van der Waals surface area contributed by atoms with Crippen LogP contribution in [-0.4, -0.2) is 34.1 Å². The predicted octanol–water partition coefficient (Wildman–Crippen LogP) is 1.21. The summed E-state index contributed by atoms with van der Waals surface area (Å²) in [5.74, 6) is -0.461. The highest BCUT2D eigenvalue weighted by Crippen LogP contribution is 2.32. The van der Waals surface area contributed by atoms with Crippen molar-refractivity contribution in [3.8, 4) is 0 Å². The smallest absolute Gasteiger partial charge is 0.311 e. The molecular weight excluding hydrogens is 238 g/mol. The molecule has 2 heterocycles. The summed E-state index contributed by atoms with van der Waals surface area (Å²) < 4.78 is 0. The molecule has 0 bridgehead atoms. The van der Waals surface area contributed by atoms with Crippen molar-refractivity contribution in [1.29, 1.82) is 0 Å². The Kier molecular flexibility index (Phi) is 3.14. The topological polar surface area (TPSA) is 96.6 Å². The average Bonchev–Trinajstić information content (AvgIpc) is 2.21. The van der Waals surface area contributed by atoms with Crippen LogP contribution < -0.4 is 4.90 Å². The Bertz CT molecular complexity index is 497. The average molecular weight is 251 g/mol. The van der Waals surface area contributed by atoms with Crippen molar-refractivity contribution in [3.63, 3.8) is 0 Å². The molecule has 1 N–H and O–H groups in total. The molecule has 0 unspecified atom stereocenters. The Morgan fingerprint density at radius 2 is 2.28 bits per heavy atom. The van der Waals surface area contributed by atoms with Crippen LogP contribution in [0, 0.1) is 23.0 Å². The molecule has 0 atom stereocenters. The number of nitro groups is 1. The highest BCUT2D eigenvalue weighted by molar-refractivity contribution is 5.68. The van der Waals surface area contributed by atoms with E-state index in [1.807, 2.05) is 0 Å². The maximum atomic E-state index is 10.9. The van der Waals surface area contributed by atoms with E-state index in [9.17, 15) is 14.9 Å². The Labute approximate surface area is 103 Å². The van der Waals surface area contributed by atoms with Crippen LogP contribution in [-0.2, 0) is 4.79 Å². The van der Waals surface area contributed by atoms with Gasteiger partial charge in [0, 0.05) is 30.8 Å². The third-order valence-corrected chi connectivity index (χ3v) is 2.91. The van der Waals surface area contributed by atoms with E-state index in [4.69, 9.17) is 5.11 Å². The Morgan fingerprint density at radius 1 is 1.61 bits per heavy atom. The number of aromatic nitrogens is 1. The number of carboxylic acids is 1. The molecule has 0 spiro atoms. The van der Waals surface area contributed by atoms with Crippen LogP contribution in [0.2, 0.25) is 0 Å². The van der Waals surface area contributed by atoms with E-state index in [1.54, 1.807) is 17.9 Å². The molecule has 7 nitrogen and oxygen atoms in total. The molecule has 0 radical (unpaired) electrons. The number of aliphatic carboxylic acids is 1. The van der Waals surface area contributed by atoms with Crippen LogP contribution in [0.3, 0.4) is 0 Å². The zero-order valence-corrected chi connectivity index (χ0v) is 9.87. The van der Waals surface area contributed by atoms with Crippen LogP contribution >= 0.6 is 0 Å². The second kappa shape index (κ2) is 4.59. The number of hydrogen-bond donors (Lipinski definition) is 1. The number of carbonyl (C=O) groups is 1. The lowest BCUT2D eigenvalue weighted by atomic mass is 9.96. The van der Waals surface area contributed by atoms with E-state index >= 15 is 0 Å². The summed E-state index contributed by atoms with van der Waals surface area (Å²) >= 11 is 0. The van der Waals surface area contributed by atoms with Gasteiger partial charge in [0.15, 0.2) is 0 Å². The summed E-state index contributed by atoms with van der Waals surface area (Å²) in [6.07, 6.45) is 0.0934. The van der Waals surface area contributed by atoms with Crippen molar-refractivity contribution in [2.75, 3.05) is 18.0 Å². The lowest BCUT2D eigenvalue weighted by Crippen LogP contribution is -2.48. The molecule has 0 aliphatic carbocycles. The Morgan fingerprint density at radius 3 is 2.83 bits per heavy atom. The van der Waals surface area contributed by atoms with E-state index in [0.717, 1.165) is 0 Å². The van der Waals surface area contributed by atoms with E-state index < -0.39 is 10.9 Å². The van der Waals surface area contributed by atoms with Gasteiger partial charge in [-0.05, 0) is 13.0 Å². The zero-order chi connectivity index (χ0) is 13.3. The highest BCUT2D eigenvalue weighted by Gasteiger charge is 2.33. The molecule has 18 heavy (non-hydrogen) atoms. The first-order valence-corrected chi connectivity index (χ1v) is 5.56. The molecule has 7 heteroatoms. The quantitative estimate of drug-likeness (QED) is 0.638. The fourth-order valence-corrected chi connectivity index (χ4v) is 2.03. The maximum Gasteiger partial charge on any atom is 0.311 e. The van der Waals surface area contributed by atoms with Crippen molar-refractivity contribution < 1.29 is 14.8 Å². The van der Waals surface area contributed by atoms with Gasteiger partial charge in [-0.15, -0.1) is 0 Å². The first-order valence-electron chi connectivity index (χ1n) is 5.56. The first-order chi connectivity index (χ1) is 8.47. The maximum absolute atomic E-state index is 10.9. The molecule has 96 valence electrons. The SMILES string of the molecule is Cc1ccc([N+](=O)[O-])c(N2CC(CC(=O)O)C2)n1. The van der Waals surface area contributed by atoms with Crippen LogP contribution in [0.15, 0.2) is 12.1 Å². The Hall–Kier alpha value is -2.18. The monoisotopic (exact) mass is 251 g/mol. The van der Waals surface area contributed by atoms with Crippen molar-refractivity contribution in [1.82, 2.24) is 4.98 Å². The third kappa shape index (κ3) is 2.39. The lowest BCUT2D eigenvalue weighted by molar-refractivity contribution is -0.384. The van der Waals surface area contributed by atoms with Gasteiger partial charge in [0.05, 0.1) is 11.3 Å². The van der Waals surface area contributed by atoms with Gasteiger partial charge in [-0.2, -0.15) is 0 Å². The summed E-state index contributed by atoms with van der Waals surface area (Å²) in [6, 6.07) is 3.03. The van der Waals surface area contributed by atoms with E-state index in [2.05, 4.69) is 4.98 Å². The van der Waals surface area contributed by atoms with E-state index in [0.29, 0.717) is 24.6 Å². The molecule has 1 fully saturated rings. The normalized spacial score (nSPS) is 15.3. The molecule has 1 aromatic heterocycles. The van der Waals surface area contributed by atoms with Gasteiger partial charge in [-0.25, -0.2) is 4.98 Å². The molecule has 1 aliphatic rings. The largest absolute Gasteiger partial charge is 0.481 e. The summed E-state index contributed by atoms with van der Waals surface area (Å²) in [5, 5.41) is 19.5. The van der Waals surface area contributed by atoms with Gasteiger partial charge < -0.3 is 10.0 Å². The minimum absolute atomic E-state index is 0.0330.